The van der Waals surface area contributed by atoms with Crippen LogP contribution in [0.1, 0.15) is 20.7 Å². The number of fused-ring (bicyclic) bond motifs is 1. The Kier molecular flexibility index (Phi) is 5.21. The van der Waals surface area contributed by atoms with Gasteiger partial charge in [-0.1, -0.05) is 42.1 Å². The number of thioether (sulfide) groups is 1. The molecule has 0 aliphatic heterocycles. The van der Waals surface area contributed by atoms with Crippen LogP contribution in [0.3, 0.4) is 0 Å². The fourth-order valence-corrected chi connectivity index (χ4v) is 3.39. The van der Waals surface area contributed by atoms with E-state index in [0.717, 1.165) is 5.52 Å². The van der Waals surface area contributed by atoms with Gasteiger partial charge in [-0.3, -0.25) is 9.59 Å². The average molecular weight is 388 g/mol. The summed E-state index contributed by atoms with van der Waals surface area (Å²) in [6.45, 7) is 0. The van der Waals surface area contributed by atoms with Gasteiger partial charge in [0.1, 0.15) is 5.52 Å². The fourth-order valence-electron chi connectivity index (χ4n) is 2.66. The number of hydrogen-bond acceptors (Lipinski definition) is 5. The lowest BCUT2D eigenvalue weighted by atomic mass is 10.1. The van der Waals surface area contributed by atoms with Gasteiger partial charge in [0.25, 0.3) is 11.1 Å². The molecule has 1 amide bonds. The van der Waals surface area contributed by atoms with Crippen molar-refractivity contribution in [3.63, 3.8) is 0 Å². The number of oxazole rings is 1. The lowest BCUT2D eigenvalue weighted by Crippen LogP contribution is -2.11. The van der Waals surface area contributed by atoms with Crippen LogP contribution in [0.5, 0.6) is 0 Å². The SMILES string of the molecule is O=C(CSc1nc2ccccc2o1)c1ccc(NC(=O)c2ccccc2)cc1. The normalized spacial score (nSPS) is 10.7. The van der Waals surface area contributed by atoms with Gasteiger partial charge >= 0.3 is 0 Å². The molecular formula is C22H16N2O3S. The minimum atomic E-state index is -0.189. The number of nitrogens with zero attached hydrogens (tertiary/aromatic N) is 1. The maximum atomic E-state index is 12.4. The third-order valence-corrected chi connectivity index (χ3v) is 4.93. The van der Waals surface area contributed by atoms with E-state index in [1.54, 1.807) is 36.4 Å². The van der Waals surface area contributed by atoms with Crippen molar-refractivity contribution in [3.8, 4) is 0 Å². The van der Waals surface area contributed by atoms with Crippen molar-refractivity contribution in [1.82, 2.24) is 4.98 Å². The topological polar surface area (TPSA) is 72.2 Å². The Balaban J connectivity index is 1.36. The number of Topliss-reactive ketones (excluding diaryl/α,β-unsaturated/α-hetero) is 1. The monoisotopic (exact) mass is 388 g/mol. The van der Waals surface area contributed by atoms with E-state index in [9.17, 15) is 9.59 Å². The summed E-state index contributed by atoms with van der Waals surface area (Å²) in [6, 6.07) is 23.3. The van der Waals surface area contributed by atoms with Gasteiger partial charge in [0, 0.05) is 16.8 Å². The van der Waals surface area contributed by atoms with Gasteiger partial charge in [0.2, 0.25) is 0 Å². The maximum absolute atomic E-state index is 12.4. The molecule has 0 aliphatic carbocycles. The molecule has 0 fully saturated rings. The first-order valence-electron chi connectivity index (χ1n) is 8.67. The predicted octanol–water partition coefficient (Wildman–Crippen LogP) is 5.06. The highest BCUT2D eigenvalue weighted by Gasteiger charge is 2.11. The van der Waals surface area contributed by atoms with E-state index in [-0.39, 0.29) is 17.4 Å². The number of carbonyl (C=O) groups is 2. The number of hydrogen-bond donors (Lipinski definition) is 1. The van der Waals surface area contributed by atoms with Crippen LogP contribution < -0.4 is 5.32 Å². The largest absolute Gasteiger partial charge is 0.431 e. The third-order valence-electron chi connectivity index (χ3n) is 4.10. The zero-order valence-corrected chi connectivity index (χ0v) is 15.6. The summed E-state index contributed by atoms with van der Waals surface area (Å²) in [7, 11) is 0. The second-order valence-corrected chi connectivity index (χ2v) is 6.98. The summed E-state index contributed by atoms with van der Waals surface area (Å²) in [5.41, 5.74) is 3.27. The molecule has 3 aromatic carbocycles. The highest BCUT2D eigenvalue weighted by molar-refractivity contribution is 7.99. The Morgan fingerprint density at radius 1 is 0.857 bits per heavy atom. The number of anilines is 1. The number of rotatable bonds is 6. The van der Waals surface area contributed by atoms with Crippen molar-refractivity contribution < 1.29 is 14.0 Å². The Morgan fingerprint density at radius 3 is 2.32 bits per heavy atom. The van der Waals surface area contributed by atoms with Crippen LogP contribution in [0.25, 0.3) is 11.1 Å². The molecular weight excluding hydrogens is 372 g/mol. The molecule has 138 valence electrons. The van der Waals surface area contributed by atoms with Crippen LogP contribution in [0.2, 0.25) is 0 Å². The highest BCUT2D eigenvalue weighted by atomic mass is 32.2. The number of ketones is 1. The molecule has 5 nitrogen and oxygen atoms in total. The Labute approximate surface area is 165 Å². The molecule has 1 heterocycles. The van der Waals surface area contributed by atoms with Crippen molar-refractivity contribution in [2.75, 3.05) is 11.1 Å². The zero-order chi connectivity index (χ0) is 19.3. The average Bonchev–Trinajstić information content (AvgIpc) is 3.16. The molecule has 1 N–H and O–H groups in total. The standard InChI is InChI=1S/C22H16N2O3S/c25-19(14-28-22-24-18-8-4-5-9-20(18)27-22)15-10-12-17(13-11-15)23-21(26)16-6-2-1-3-7-16/h1-13H,14H2,(H,23,26). The van der Waals surface area contributed by atoms with E-state index in [4.69, 9.17) is 4.42 Å². The molecule has 0 spiro atoms. The molecule has 0 bridgehead atoms. The molecule has 0 atom stereocenters. The number of nitrogens with one attached hydrogen (secondary N) is 1. The van der Waals surface area contributed by atoms with Crippen molar-refractivity contribution in [3.05, 3.63) is 90.0 Å². The molecule has 4 rings (SSSR count). The number of benzene rings is 3. The summed E-state index contributed by atoms with van der Waals surface area (Å²) >= 11 is 1.26. The van der Waals surface area contributed by atoms with Gasteiger partial charge in [-0.15, -0.1) is 0 Å². The predicted molar refractivity (Wildman–Crippen MR) is 110 cm³/mol. The van der Waals surface area contributed by atoms with Gasteiger partial charge in [-0.25, -0.2) is 4.98 Å². The summed E-state index contributed by atoms with van der Waals surface area (Å²) in [4.78, 5) is 28.9. The minimum Gasteiger partial charge on any atom is -0.431 e. The lowest BCUT2D eigenvalue weighted by molar-refractivity contribution is 0.101. The van der Waals surface area contributed by atoms with E-state index in [1.165, 1.54) is 11.8 Å². The van der Waals surface area contributed by atoms with Gasteiger partial charge in [0.05, 0.1) is 5.75 Å². The number of para-hydroxylation sites is 2. The number of aromatic nitrogens is 1. The third kappa shape index (κ3) is 4.13. The first-order valence-corrected chi connectivity index (χ1v) is 9.66. The van der Waals surface area contributed by atoms with Crippen LogP contribution in [0.15, 0.2) is 88.5 Å². The minimum absolute atomic E-state index is 0.0341. The van der Waals surface area contributed by atoms with E-state index in [1.807, 2.05) is 42.5 Å². The maximum Gasteiger partial charge on any atom is 0.257 e. The molecule has 0 radical (unpaired) electrons. The molecule has 0 aliphatic rings. The van der Waals surface area contributed by atoms with Crippen LogP contribution in [0, 0.1) is 0 Å². The van der Waals surface area contributed by atoms with Crippen LogP contribution in [0.4, 0.5) is 5.69 Å². The van der Waals surface area contributed by atoms with Crippen LogP contribution >= 0.6 is 11.8 Å². The fraction of sp³-hybridized carbons (Fsp3) is 0.0455. The molecule has 6 heteroatoms. The quantitative estimate of drug-likeness (QED) is 0.369. The number of amides is 1. The summed E-state index contributed by atoms with van der Waals surface area (Å²) in [5.74, 6) is 0.00195. The van der Waals surface area contributed by atoms with Gasteiger partial charge < -0.3 is 9.73 Å². The van der Waals surface area contributed by atoms with Crippen molar-refractivity contribution >= 4 is 40.2 Å². The van der Waals surface area contributed by atoms with E-state index in [2.05, 4.69) is 10.3 Å². The molecule has 0 unspecified atom stereocenters. The summed E-state index contributed by atoms with van der Waals surface area (Å²) in [5, 5.41) is 3.29. The Bertz CT molecular complexity index is 1090. The smallest absolute Gasteiger partial charge is 0.257 e. The van der Waals surface area contributed by atoms with Crippen molar-refractivity contribution in [2.45, 2.75) is 5.22 Å². The van der Waals surface area contributed by atoms with Crippen molar-refractivity contribution in [1.29, 1.82) is 0 Å². The van der Waals surface area contributed by atoms with Gasteiger partial charge in [0.15, 0.2) is 11.4 Å². The first-order chi connectivity index (χ1) is 13.7. The molecule has 28 heavy (non-hydrogen) atoms. The first kappa shape index (κ1) is 18.0. The van der Waals surface area contributed by atoms with Gasteiger partial charge in [-0.05, 0) is 48.5 Å². The Morgan fingerprint density at radius 2 is 1.57 bits per heavy atom. The van der Waals surface area contributed by atoms with E-state index in [0.29, 0.717) is 27.6 Å². The molecule has 0 saturated heterocycles. The van der Waals surface area contributed by atoms with E-state index >= 15 is 0 Å². The summed E-state index contributed by atoms with van der Waals surface area (Å²) < 4.78 is 5.61. The molecule has 4 aromatic rings. The molecule has 1 aromatic heterocycles. The second-order valence-electron chi connectivity index (χ2n) is 6.06. The highest BCUT2D eigenvalue weighted by Crippen LogP contribution is 2.24. The van der Waals surface area contributed by atoms with Crippen molar-refractivity contribution in [2.24, 2.45) is 0 Å². The summed E-state index contributed by atoms with van der Waals surface area (Å²) in [6.07, 6.45) is 0. The number of carbonyl (C=O) groups excluding carboxylic acids is 2. The van der Waals surface area contributed by atoms with E-state index < -0.39 is 0 Å². The Hall–Kier alpha value is -3.38. The van der Waals surface area contributed by atoms with Gasteiger partial charge in [-0.2, -0.15) is 0 Å². The van der Waals surface area contributed by atoms with Crippen LogP contribution in [-0.2, 0) is 0 Å². The molecule has 0 saturated carbocycles. The lowest BCUT2D eigenvalue weighted by Gasteiger charge is -2.06. The van der Waals surface area contributed by atoms with Crippen LogP contribution in [-0.4, -0.2) is 22.4 Å². The zero-order valence-electron chi connectivity index (χ0n) is 14.8. The second kappa shape index (κ2) is 8.10.